The third-order valence-electron chi connectivity index (χ3n) is 9.98. The average Bonchev–Trinajstić information content (AvgIpc) is 3.07. The molecule has 6 heteroatoms. The van der Waals surface area contributed by atoms with Crippen molar-refractivity contribution < 1.29 is 29.6 Å². The Morgan fingerprint density at radius 2 is 1.74 bits per heavy atom. The van der Waals surface area contributed by atoms with Gasteiger partial charge in [0.25, 0.3) is 0 Å². The highest BCUT2D eigenvalue weighted by atomic mass is 16.7. The normalized spacial score (nSPS) is 54.6. The molecule has 0 spiro atoms. The summed E-state index contributed by atoms with van der Waals surface area (Å²) in [6.07, 6.45) is 4.95. The molecule has 11 atom stereocenters. The van der Waals surface area contributed by atoms with E-state index in [1.54, 1.807) is 6.92 Å². The molecular weight excluding hydrogens is 396 g/mol. The second kappa shape index (κ2) is 7.63. The summed E-state index contributed by atoms with van der Waals surface area (Å²) in [6, 6.07) is 0. The third kappa shape index (κ3) is 3.28. The highest BCUT2D eigenvalue weighted by Crippen LogP contribution is 2.65. The fraction of sp³-hybridized carbons (Fsp3) is 0.880. The quantitative estimate of drug-likeness (QED) is 0.618. The Kier molecular flexibility index (Phi) is 5.42. The summed E-state index contributed by atoms with van der Waals surface area (Å²) >= 11 is 0. The van der Waals surface area contributed by atoms with Crippen molar-refractivity contribution in [3.63, 3.8) is 0 Å². The minimum atomic E-state index is -1.26. The lowest BCUT2D eigenvalue weighted by Crippen LogP contribution is -2.59. The van der Waals surface area contributed by atoms with Crippen LogP contribution >= 0.6 is 0 Å². The number of carbonyl (C=O) groups excluding carboxylic acids is 1. The van der Waals surface area contributed by atoms with E-state index in [9.17, 15) is 20.1 Å². The number of rotatable bonds is 2. The molecule has 0 radical (unpaired) electrons. The van der Waals surface area contributed by atoms with E-state index in [4.69, 9.17) is 9.47 Å². The summed E-state index contributed by atoms with van der Waals surface area (Å²) < 4.78 is 12.1. The molecule has 1 saturated heterocycles. The number of aliphatic hydroxyl groups is 3. The molecule has 0 aromatic heterocycles. The van der Waals surface area contributed by atoms with Crippen molar-refractivity contribution >= 4 is 5.78 Å². The Bertz CT molecular complexity index is 765. The molecule has 3 saturated carbocycles. The topological polar surface area (TPSA) is 96.2 Å². The zero-order valence-corrected chi connectivity index (χ0v) is 19.0. The van der Waals surface area contributed by atoms with Gasteiger partial charge in [-0.3, -0.25) is 4.79 Å². The predicted octanol–water partition coefficient (Wildman–Crippen LogP) is 2.73. The van der Waals surface area contributed by atoms with Crippen LogP contribution < -0.4 is 0 Å². The van der Waals surface area contributed by atoms with E-state index in [1.807, 2.05) is 6.08 Å². The van der Waals surface area contributed by atoms with E-state index >= 15 is 0 Å². The first-order valence-electron chi connectivity index (χ1n) is 12.2. The molecule has 0 aromatic carbocycles. The molecule has 0 aromatic rings. The number of aliphatic hydroxyl groups excluding tert-OH is 3. The zero-order chi connectivity index (χ0) is 22.1. The molecule has 3 N–H and O–H groups in total. The van der Waals surface area contributed by atoms with Crippen LogP contribution in [0.25, 0.3) is 0 Å². The first-order valence-corrected chi connectivity index (χ1v) is 12.2. The minimum Gasteiger partial charge on any atom is -0.388 e. The largest absolute Gasteiger partial charge is 0.388 e. The number of carbonyl (C=O) groups is 1. The average molecular weight is 435 g/mol. The summed E-state index contributed by atoms with van der Waals surface area (Å²) in [5.41, 5.74) is 1.58. The van der Waals surface area contributed by atoms with Gasteiger partial charge in [-0.2, -0.15) is 0 Å². The van der Waals surface area contributed by atoms with Crippen molar-refractivity contribution in [2.24, 2.45) is 28.6 Å². The van der Waals surface area contributed by atoms with Gasteiger partial charge in [0.15, 0.2) is 12.1 Å². The number of hydrogen-bond acceptors (Lipinski definition) is 6. The lowest BCUT2D eigenvalue weighted by Gasteiger charge is -2.58. The van der Waals surface area contributed by atoms with E-state index < -0.39 is 30.7 Å². The summed E-state index contributed by atoms with van der Waals surface area (Å²) in [7, 11) is 0. The van der Waals surface area contributed by atoms with Crippen LogP contribution in [0.3, 0.4) is 0 Å². The molecule has 0 amide bonds. The standard InChI is InChI=1S/C25H38O6/c1-13-20(27)21(28)22(29)23(30-13)31-19-7-6-17-16-5-4-14-12-15(26)8-10-24(14,2)18(16)9-11-25(17,19)3/h12-13,16-23,27-29H,4-11H2,1-3H3/t13-,16+,17+,18+,19+,20-,21+,22-,23+,24+,25+/m1/s1. The Hall–Kier alpha value is -0.790. The van der Waals surface area contributed by atoms with Gasteiger partial charge in [-0.05, 0) is 86.5 Å². The molecular formula is C25H38O6. The van der Waals surface area contributed by atoms with Crippen LogP contribution in [0.5, 0.6) is 0 Å². The Labute approximate surface area is 185 Å². The van der Waals surface area contributed by atoms with Crippen molar-refractivity contribution in [2.75, 3.05) is 0 Å². The summed E-state index contributed by atoms with van der Waals surface area (Å²) in [5.74, 6) is 2.14. The Morgan fingerprint density at radius 3 is 2.52 bits per heavy atom. The van der Waals surface area contributed by atoms with E-state index in [0.29, 0.717) is 30.0 Å². The minimum absolute atomic E-state index is 0.0228. The van der Waals surface area contributed by atoms with Gasteiger partial charge in [-0.15, -0.1) is 0 Å². The lowest BCUT2D eigenvalue weighted by atomic mass is 9.47. The van der Waals surface area contributed by atoms with Gasteiger partial charge in [-0.1, -0.05) is 19.4 Å². The SMILES string of the molecule is C[C@H]1O[C@@H](O[C@H]2CC[C@H]3[C@@H]4CCC5=CC(=O)CC[C@]5(C)[C@H]4CC[C@]23C)[C@H](O)[C@@H](O)[C@@H]1O. The fourth-order valence-corrected chi connectivity index (χ4v) is 8.02. The van der Waals surface area contributed by atoms with Gasteiger partial charge in [0.2, 0.25) is 0 Å². The van der Waals surface area contributed by atoms with Gasteiger partial charge in [-0.25, -0.2) is 0 Å². The first kappa shape index (κ1) is 22.0. The molecule has 4 fully saturated rings. The van der Waals surface area contributed by atoms with Gasteiger partial charge in [0, 0.05) is 6.42 Å². The molecule has 4 aliphatic carbocycles. The van der Waals surface area contributed by atoms with Crippen LogP contribution in [-0.4, -0.2) is 57.9 Å². The zero-order valence-electron chi connectivity index (χ0n) is 19.0. The van der Waals surface area contributed by atoms with E-state index in [1.165, 1.54) is 5.57 Å². The number of ketones is 1. The third-order valence-corrected chi connectivity index (χ3v) is 9.98. The Morgan fingerprint density at radius 1 is 0.968 bits per heavy atom. The van der Waals surface area contributed by atoms with Gasteiger partial charge < -0.3 is 24.8 Å². The van der Waals surface area contributed by atoms with Crippen molar-refractivity contribution in [1.82, 2.24) is 0 Å². The van der Waals surface area contributed by atoms with Gasteiger partial charge in [0.1, 0.15) is 18.3 Å². The van der Waals surface area contributed by atoms with E-state index in [2.05, 4.69) is 13.8 Å². The lowest BCUT2D eigenvalue weighted by molar-refractivity contribution is -0.313. The van der Waals surface area contributed by atoms with Crippen LogP contribution in [-0.2, 0) is 14.3 Å². The monoisotopic (exact) mass is 434 g/mol. The predicted molar refractivity (Wildman–Crippen MR) is 114 cm³/mol. The smallest absolute Gasteiger partial charge is 0.186 e. The van der Waals surface area contributed by atoms with Crippen LogP contribution in [0.1, 0.15) is 72.1 Å². The molecule has 1 heterocycles. The molecule has 6 nitrogen and oxygen atoms in total. The van der Waals surface area contributed by atoms with Crippen molar-refractivity contribution in [2.45, 2.75) is 109 Å². The molecule has 174 valence electrons. The fourth-order valence-electron chi connectivity index (χ4n) is 8.02. The maximum absolute atomic E-state index is 12.0. The summed E-state index contributed by atoms with van der Waals surface area (Å²) in [5, 5.41) is 30.6. The van der Waals surface area contributed by atoms with Crippen molar-refractivity contribution in [1.29, 1.82) is 0 Å². The molecule has 0 unspecified atom stereocenters. The van der Waals surface area contributed by atoms with Crippen LogP contribution in [0.4, 0.5) is 0 Å². The molecule has 0 bridgehead atoms. The molecule has 5 rings (SSSR count). The maximum atomic E-state index is 12.0. The van der Waals surface area contributed by atoms with Crippen LogP contribution in [0, 0.1) is 28.6 Å². The number of ether oxygens (including phenoxy) is 2. The Balaban J connectivity index is 1.34. The first-order chi connectivity index (χ1) is 14.6. The highest BCUT2D eigenvalue weighted by molar-refractivity contribution is 5.91. The maximum Gasteiger partial charge on any atom is 0.186 e. The second-order valence-electron chi connectivity index (χ2n) is 11.4. The van der Waals surface area contributed by atoms with Gasteiger partial charge in [0.05, 0.1) is 12.2 Å². The van der Waals surface area contributed by atoms with Crippen LogP contribution in [0.2, 0.25) is 0 Å². The number of hydrogen-bond donors (Lipinski definition) is 3. The van der Waals surface area contributed by atoms with E-state index in [-0.39, 0.29) is 16.9 Å². The van der Waals surface area contributed by atoms with Crippen LogP contribution in [0.15, 0.2) is 11.6 Å². The number of fused-ring (bicyclic) bond motifs is 5. The summed E-state index contributed by atoms with van der Waals surface area (Å²) in [6.45, 7) is 6.44. The summed E-state index contributed by atoms with van der Waals surface area (Å²) in [4.78, 5) is 12.0. The van der Waals surface area contributed by atoms with Gasteiger partial charge >= 0.3 is 0 Å². The molecule has 5 aliphatic rings. The van der Waals surface area contributed by atoms with Crippen molar-refractivity contribution in [3.8, 4) is 0 Å². The molecule has 31 heavy (non-hydrogen) atoms. The van der Waals surface area contributed by atoms with E-state index in [0.717, 1.165) is 44.9 Å². The number of allylic oxidation sites excluding steroid dienone is 1. The van der Waals surface area contributed by atoms with Crippen molar-refractivity contribution in [3.05, 3.63) is 11.6 Å². The second-order valence-corrected chi connectivity index (χ2v) is 11.4. The highest BCUT2D eigenvalue weighted by Gasteiger charge is 2.60. The molecule has 1 aliphatic heterocycles.